The fourth-order valence-electron chi connectivity index (χ4n) is 1.91. The highest BCUT2D eigenvalue weighted by molar-refractivity contribution is 5.82. The van der Waals surface area contributed by atoms with Gasteiger partial charge in [0.2, 0.25) is 0 Å². The van der Waals surface area contributed by atoms with E-state index in [0.717, 1.165) is 16.5 Å². The molecule has 5 heteroatoms. The molecule has 17 heavy (non-hydrogen) atoms. The molecule has 1 unspecified atom stereocenters. The monoisotopic (exact) mass is 225 g/mol. The van der Waals surface area contributed by atoms with Crippen LogP contribution in [0.3, 0.4) is 0 Å². The quantitative estimate of drug-likeness (QED) is 0.690. The van der Waals surface area contributed by atoms with Gasteiger partial charge in [0.05, 0.1) is 11.6 Å². The molecular formula is C12H11N5. The maximum Gasteiger partial charge on any atom is 0.145 e. The van der Waals surface area contributed by atoms with Crippen LogP contribution in [0.25, 0.3) is 10.9 Å². The summed E-state index contributed by atoms with van der Waals surface area (Å²) in [5.41, 5.74) is 8.09. The first kappa shape index (κ1) is 9.92. The number of nitrogens with two attached hydrogens (primary N) is 1. The fourth-order valence-corrected chi connectivity index (χ4v) is 1.91. The normalized spacial score (nSPS) is 12.8. The third-order valence-corrected chi connectivity index (χ3v) is 2.74. The molecule has 0 spiro atoms. The number of H-pyrrole nitrogens is 1. The number of hydrogen-bond acceptors (Lipinski definition) is 4. The van der Waals surface area contributed by atoms with E-state index in [1.165, 1.54) is 6.33 Å². The molecule has 1 aromatic carbocycles. The number of nitrogens with zero attached hydrogens (tertiary/aromatic N) is 3. The molecule has 0 bridgehead atoms. The lowest BCUT2D eigenvalue weighted by Crippen LogP contribution is -2.14. The lowest BCUT2D eigenvalue weighted by atomic mass is 10.0. The third kappa shape index (κ3) is 1.66. The minimum absolute atomic E-state index is 0.314. The first-order valence-corrected chi connectivity index (χ1v) is 5.31. The molecule has 0 aliphatic heterocycles. The van der Waals surface area contributed by atoms with E-state index in [9.17, 15) is 0 Å². The van der Waals surface area contributed by atoms with Crippen molar-refractivity contribution in [3.05, 3.63) is 54.2 Å². The lowest BCUT2D eigenvalue weighted by Gasteiger charge is -2.11. The predicted molar refractivity (Wildman–Crippen MR) is 64.2 cm³/mol. The predicted octanol–water partition coefficient (Wildman–Crippen LogP) is 1.40. The summed E-state index contributed by atoms with van der Waals surface area (Å²) in [7, 11) is 0. The average Bonchev–Trinajstić information content (AvgIpc) is 2.91. The van der Waals surface area contributed by atoms with Crippen molar-refractivity contribution in [2.75, 3.05) is 0 Å². The van der Waals surface area contributed by atoms with Crippen LogP contribution in [0.2, 0.25) is 0 Å². The summed E-state index contributed by atoms with van der Waals surface area (Å²) in [6, 6.07) is 9.49. The van der Waals surface area contributed by atoms with Crippen LogP contribution in [0.4, 0.5) is 0 Å². The Bertz CT molecular complexity index is 627. The summed E-state index contributed by atoms with van der Waals surface area (Å²) >= 11 is 0. The van der Waals surface area contributed by atoms with E-state index >= 15 is 0 Å². The maximum absolute atomic E-state index is 6.17. The van der Waals surface area contributed by atoms with Gasteiger partial charge >= 0.3 is 0 Å². The largest absolute Gasteiger partial charge is 0.318 e. The second kappa shape index (κ2) is 3.95. The molecule has 0 amide bonds. The molecule has 3 rings (SSSR count). The summed E-state index contributed by atoms with van der Waals surface area (Å²) in [4.78, 5) is 8.39. The summed E-state index contributed by atoms with van der Waals surface area (Å²) in [5, 5.41) is 7.65. The van der Waals surface area contributed by atoms with Gasteiger partial charge in [-0.15, -0.1) is 0 Å². The Kier molecular flexibility index (Phi) is 2.31. The van der Waals surface area contributed by atoms with E-state index in [2.05, 4.69) is 20.2 Å². The molecule has 5 nitrogen and oxygen atoms in total. The number of pyridine rings is 1. The van der Waals surface area contributed by atoms with Gasteiger partial charge in [0.1, 0.15) is 12.2 Å². The summed E-state index contributed by atoms with van der Waals surface area (Å²) in [6.45, 7) is 0. The van der Waals surface area contributed by atoms with E-state index in [4.69, 9.17) is 5.73 Å². The van der Waals surface area contributed by atoms with Crippen molar-refractivity contribution in [3.8, 4) is 0 Å². The van der Waals surface area contributed by atoms with Crippen LogP contribution in [0.15, 0.2) is 42.9 Å². The Labute approximate surface area is 97.7 Å². The Morgan fingerprint density at radius 1 is 1.12 bits per heavy atom. The molecule has 3 N–H and O–H groups in total. The first-order valence-electron chi connectivity index (χ1n) is 5.31. The van der Waals surface area contributed by atoms with Crippen molar-refractivity contribution in [3.63, 3.8) is 0 Å². The lowest BCUT2D eigenvalue weighted by molar-refractivity contribution is 0.793. The Hall–Kier alpha value is -2.27. The van der Waals surface area contributed by atoms with Gasteiger partial charge in [0.15, 0.2) is 0 Å². The average molecular weight is 225 g/mol. The number of benzene rings is 1. The van der Waals surface area contributed by atoms with Crippen molar-refractivity contribution in [1.82, 2.24) is 20.2 Å². The van der Waals surface area contributed by atoms with Crippen LogP contribution in [0.1, 0.15) is 17.4 Å². The minimum Gasteiger partial charge on any atom is -0.318 e. The first-order chi connectivity index (χ1) is 8.36. The van der Waals surface area contributed by atoms with Crippen molar-refractivity contribution in [2.24, 2.45) is 5.73 Å². The molecule has 0 radical (unpaired) electrons. The van der Waals surface area contributed by atoms with Gasteiger partial charge in [-0.1, -0.05) is 18.2 Å². The summed E-state index contributed by atoms with van der Waals surface area (Å²) in [5.74, 6) is 0.654. The number of aromatic nitrogens is 4. The standard InChI is InChI=1S/C12H11N5/c13-11(12-15-7-16-17-12)9-3-1-5-10-8(9)4-2-6-14-10/h1-7,11H,13H2,(H,15,16,17). The maximum atomic E-state index is 6.17. The third-order valence-electron chi connectivity index (χ3n) is 2.74. The molecule has 3 aromatic rings. The van der Waals surface area contributed by atoms with Crippen LogP contribution in [-0.2, 0) is 0 Å². The summed E-state index contributed by atoms with van der Waals surface area (Å²) < 4.78 is 0. The van der Waals surface area contributed by atoms with Crippen LogP contribution in [0, 0.1) is 0 Å². The van der Waals surface area contributed by atoms with E-state index in [-0.39, 0.29) is 6.04 Å². The van der Waals surface area contributed by atoms with Crippen LogP contribution in [0.5, 0.6) is 0 Å². The summed E-state index contributed by atoms with van der Waals surface area (Å²) in [6.07, 6.45) is 3.23. The van der Waals surface area contributed by atoms with E-state index in [1.54, 1.807) is 6.20 Å². The smallest absolute Gasteiger partial charge is 0.145 e. The van der Waals surface area contributed by atoms with E-state index in [0.29, 0.717) is 5.82 Å². The zero-order chi connectivity index (χ0) is 11.7. The molecule has 2 aromatic heterocycles. The topological polar surface area (TPSA) is 80.5 Å². The van der Waals surface area contributed by atoms with E-state index in [1.807, 2.05) is 30.3 Å². The van der Waals surface area contributed by atoms with Gasteiger partial charge < -0.3 is 5.73 Å². The van der Waals surface area contributed by atoms with Gasteiger partial charge in [0.25, 0.3) is 0 Å². The highest BCUT2D eigenvalue weighted by Crippen LogP contribution is 2.24. The number of nitrogens with one attached hydrogen (secondary N) is 1. The number of aromatic amines is 1. The van der Waals surface area contributed by atoms with E-state index < -0.39 is 0 Å². The number of hydrogen-bond donors (Lipinski definition) is 2. The second-order valence-corrected chi connectivity index (χ2v) is 3.77. The number of rotatable bonds is 2. The Morgan fingerprint density at radius 3 is 2.88 bits per heavy atom. The van der Waals surface area contributed by atoms with Gasteiger partial charge in [0, 0.05) is 11.6 Å². The van der Waals surface area contributed by atoms with Crippen molar-refractivity contribution in [1.29, 1.82) is 0 Å². The zero-order valence-corrected chi connectivity index (χ0v) is 9.04. The molecule has 0 fully saturated rings. The Morgan fingerprint density at radius 2 is 2.06 bits per heavy atom. The number of fused-ring (bicyclic) bond motifs is 1. The molecule has 0 aliphatic carbocycles. The van der Waals surface area contributed by atoms with Gasteiger partial charge in [-0.05, 0) is 17.7 Å². The van der Waals surface area contributed by atoms with Gasteiger partial charge in [-0.25, -0.2) is 4.98 Å². The van der Waals surface area contributed by atoms with Crippen molar-refractivity contribution in [2.45, 2.75) is 6.04 Å². The Balaban J connectivity index is 2.17. The highest BCUT2D eigenvalue weighted by atomic mass is 15.2. The minimum atomic E-state index is -0.314. The molecule has 0 saturated carbocycles. The fraction of sp³-hybridized carbons (Fsp3) is 0.0833. The molecule has 0 aliphatic rings. The van der Waals surface area contributed by atoms with Crippen molar-refractivity contribution < 1.29 is 0 Å². The highest BCUT2D eigenvalue weighted by Gasteiger charge is 2.14. The zero-order valence-electron chi connectivity index (χ0n) is 9.04. The van der Waals surface area contributed by atoms with Crippen LogP contribution < -0.4 is 5.73 Å². The molecule has 2 heterocycles. The van der Waals surface area contributed by atoms with Gasteiger partial charge in [-0.3, -0.25) is 10.1 Å². The molecule has 1 atom stereocenters. The van der Waals surface area contributed by atoms with Crippen molar-refractivity contribution >= 4 is 10.9 Å². The molecule has 84 valence electrons. The molecule has 0 saturated heterocycles. The van der Waals surface area contributed by atoms with Gasteiger partial charge in [-0.2, -0.15) is 5.10 Å². The van der Waals surface area contributed by atoms with Crippen LogP contribution >= 0.6 is 0 Å². The second-order valence-electron chi connectivity index (χ2n) is 3.77. The molecular weight excluding hydrogens is 214 g/mol. The van der Waals surface area contributed by atoms with Crippen LogP contribution in [-0.4, -0.2) is 20.2 Å². The SMILES string of the molecule is NC(c1ncn[nH]1)c1cccc2ncccc12.